The van der Waals surface area contributed by atoms with Crippen LogP contribution in [0.2, 0.25) is 0 Å². The second-order valence-corrected chi connectivity index (χ2v) is 9.69. The number of rotatable bonds is 5. The van der Waals surface area contributed by atoms with E-state index >= 15 is 0 Å². The van der Waals surface area contributed by atoms with Gasteiger partial charge in [-0.15, -0.1) is 0 Å². The van der Waals surface area contributed by atoms with E-state index in [0.717, 1.165) is 49.8 Å². The summed E-state index contributed by atoms with van der Waals surface area (Å²) in [6, 6.07) is 14.5. The first kappa shape index (κ1) is 21.2. The number of nitrogens with zero attached hydrogens (tertiary/aromatic N) is 4. The van der Waals surface area contributed by atoms with E-state index in [0.29, 0.717) is 11.4 Å². The number of hydrogen-bond donors (Lipinski definition) is 3. The van der Waals surface area contributed by atoms with Gasteiger partial charge in [0.25, 0.3) is 0 Å². The molecule has 2 fully saturated rings. The first-order valence-corrected chi connectivity index (χ1v) is 12.1. The lowest BCUT2D eigenvalue weighted by Crippen LogP contribution is -2.44. The van der Waals surface area contributed by atoms with Crippen LogP contribution >= 0.6 is 0 Å². The highest BCUT2D eigenvalue weighted by molar-refractivity contribution is 5.69. The minimum Gasteiger partial charge on any atom is -0.385 e. The monoisotopic (exact) mass is 459 g/mol. The van der Waals surface area contributed by atoms with E-state index < -0.39 is 5.82 Å². The van der Waals surface area contributed by atoms with Gasteiger partial charge in [0.2, 0.25) is 5.95 Å². The lowest BCUT2D eigenvalue weighted by molar-refractivity contribution is 0.313. The predicted octanol–water partition coefficient (Wildman–Crippen LogP) is 4.70. The van der Waals surface area contributed by atoms with E-state index in [2.05, 4.69) is 67.0 Å². The molecule has 6 rings (SSSR count). The van der Waals surface area contributed by atoms with Crippen LogP contribution in [-0.4, -0.2) is 54.6 Å². The lowest BCUT2D eigenvalue weighted by Gasteiger charge is -2.34. The van der Waals surface area contributed by atoms with Crippen molar-refractivity contribution >= 4 is 34.5 Å². The molecule has 0 amide bonds. The molecule has 1 saturated carbocycles. The summed E-state index contributed by atoms with van der Waals surface area (Å²) in [5.41, 5.74) is 5.77. The Balaban J connectivity index is 1.15. The minimum absolute atomic E-state index is 0.156. The van der Waals surface area contributed by atoms with Gasteiger partial charge in [0.05, 0.1) is 6.20 Å². The SMILES string of the molecule is CN1CCN(c2ccc(Nc3ncc(F)c(Nc4ccc5c(c4)NCCC54CC4)n3)cc2)CC1. The molecule has 1 aromatic heterocycles. The Morgan fingerprint density at radius 2 is 1.71 bits per heavy atom. The molecule has 0 bridgehead atoms. The van der Waals surface area contributed by atoms with E-state index in [9.17, 15) is 4.39 Å². The van der Waals surface area contributed by atoms with Gasteiger partial charge in [-0.1, -0.05) is 6.07 Å². The zero-order valence-corrected chi connectivity index (χ0v) is 19.4. The van der Waals surface area contributed by atoms with Gasteiger partial charge in [0, 0.05) is 55.5 Å². The molecule has 3 aromatic rings. The normalized spacial score (nSPS) is 18.8. The largest absolute Gasteiger partial charge is 0.385 e. The third kappa shape index (κ3) is 4.14. The number of fused-ring (bicyclic) bond motifs is 2. The van der Waals surface area contributed by atoms with Crippen molar-refractivity contribution in [2.24, 2.45) is 0 Å². The van der Waals surface area contributed by atoms with E-state index in [-0.39, 0.29) is 5.82 Å². The molecule has 0 radical (unpaired) electrons. The van der Waals surface area contributed by atoms with E-state index in [1.54, 1.807) is 0 Å². The number of anilines is 6. The molecule has 2 aliphatic heterocycles. The third-order valence-corrected chi connectivity index (χ3v) is 7.36. The van der Waals surface area contributed by atoms with Crippen LogP contribution in [0.15, 0.2) is 48.7 Å². The molecule has 176 valence electrons. The first-order chi connectivity index (χ1) is 16.6. The molecule has 1 spiro atoms. The van der Waals surface area contributed by atoms with Crippen LogP contribution in [0.1, 0.15) is 24.8 Å². The van der Waals surface area contributed by atoms with Gasteiger partial charge in [-0.2, -0.15) is 4.98 Å². The number of nitrogens with one attached hydrogen (secondary N) is 3. The molecule has 3 heterocycles. The Hall–Kier alpha value is -3.39. The summed E-state index contributed by atoms with van der Waals surface area (Å²) in [4.78, 5) is 13.2. The zero-order chi connectivity index (χ0) is 23.1. The highest BCUT2D eigenvalue weighted by Gasteiger charge is 2.46. The highest BCUT2D eigenvalue weighted by Crippen LogP contribution is 2.55. The summed E-state index contributed by atoms with van der Waals surface area (Å²) in [7, 11) is 2.15. The van der Waals surface area contributed by atoms with Crippen LogP contribution in [-0.2, 0) is 5.41 Å². The van der Waals surface area contributed by atoms with Crippen LogP contribution in [0.25, 0.3) is 0 Å². The van der Waals surface area contributed by atoms with Crippen LogP contribution in [0.4, 0.5) is 38.9 Å². The Morgan fingerprint density at radius 3 is 2.47 bits per heavy atom. The van der Waals surface area contributed by atoms with E-state index in [4.69, 9.17) is 0 Å². The van der Waals surface area contributed by atoms with Gasteiger partial charge in [0.15, 0.2) is 11.6 Å². The summed E-state index contributed by atoms with van der Waals surface area (Å²) < 4.78 is 14.5. The molecule has 3 N–H and O–H groups in total. The number of piperazine rings is 1. The summed E-state index contributed by atoms with van der Waals surface area (Å²) >= 11 is 0. The van der Waals surface area contributed by atoms with Gasteiger partial charge in [-0.25, -0.2) is 9.37 Å². The molecule has 34 heavy (non-hydrogen) atoms. The van der Waals surface area contributed by atoms with Gasteiger partial charge in [-0.3, -0.25) is 0 Å². The molecular formula is C26H30FN7. The Bertz CT molecular complexity index is 1180. The maximum Gasteiger partial charge on any atom is 0.229 e. The van der Waals surface area contributed by atoms with Crippen LogP contribution in [0.3, 0.4) is 0 Å². The molecule has 8 heteroatoms. The second-order valence-electron chi connectivity index (χ2n) is 9.69. The predicted molar refractivity (Wildman–Crippen MR) is 135 cm³/mol. The van der Waals surface area contributed by atoms with E-state index in [1.165, 1.54) is 36.7 Å². The molecule has 0 atom stereocenters. The van der Waals surface area contributed by atoms with Gasteiger partial charge in [0.1, 0.15) is 0 Å². The van der Waals surface area contributed by atoms with Crippen LogP contribution in [0, 0.1) is 5.82 Å². The van der Waals surface area contributed by atoms with Gasteiger partial charge >= 0.3 is 0 Å². The van der Waals surface area contributed by atoms with Crippen molar-refractivity contribution in [3.8, 4) is 0 Å². The fourth-order valence-corrected chi connectivity index (χ4v) is 5.07. The summed E-state index contributed by atoms with van der Waals surface area (Å²) in [5.74, 6) is 0.0213. The lowest BCUT2D eigenvalue weighted by atomic mass is 9.88. The molecule has 1 saturated heterocycles. The average Bonchev–Trinajstić information content (AvgIpc) is 3.62. The van der Waals surface area contributed by atoms with Crippen molar-refractivity contribution in [1.82, 2.24) is 14.9 Å². The highest BCUT2D eigenvalue weighted by atomic mass is 19.1. The molecule has 7 nitrogen and oxygen atoms in total. The number of aromatic nitrogens is 2. The van der Waals surface area contributed by atoms with Crippen molar-refractivity contribution in [3.63, 3.8) is 0 Å². The summed E-state index contributed by atoms with van der Waals surface area (Å²) in [6.45, 7) is 5.18. The Morgan fingerprint density at radius 1 is 0.941 bits per heavy atom. The standard InChI is InChI=1S/C26H30FN7/c1-33-12-14-34(15-13-33)20-5-2-18(3-6-20)31-25-29-17-22(27)24(32-25)30-19-4-7-21-23(16-19)28-11-10-26(21)8-9-26/h2-7,16-17,28H,8-15H2,1H3,(H2,29,30,31,32). The number of hydrogen-bond acceptors (Lipinski definition) is 7. The average molecular weight is 460 g/mol. The molecule has 1 aliphatic carbocycles. The third-order valence-electron chi connectivity index (χ3n) is 7.36. The molecule has 2 aromatic carbocycles. The quantitative estimate of drug-likeness (QED) is 0.511. The van der Waals surface area contributed by atoms with Crippen molar-refractivity contribution < 1.29 is 4.39 Å². The molecule has 3 aliphatic rings. The fraction of sp³-hybridized carbons (Fsp3) is 0.385. The topological polar surface area (TPSA) is 68.3 Å². The maximum atomic E-state index is 14.5. The van der Waals surface area contributed by atoms with Crippen molar-refractivity contribution in [2.75, 3.05) is 60.6 Å². The minimum atomic E-state index is -0.486. The number of likely N-dealkylation sites (N-methyl/N-ethyl adjacent to an activating group) is 1. The summed E-state index contributed by atoms with van der Waals surface area (Å²) in [5, 5.41) is 9.82. The molecule has 0 unspecified atom stereocenters. The second kappa shape index (κ2) is 8.43. The number of halogens is 1. The number of benzene rings is 2. The molecular weight excluding hydrogens is 429 g/mol. The van der Waals surface area contributed by atoms with Gasteiger partial charge < -0.3 is 25.8 Å². The van der Waals surface area contributed by atoms with Crippen LogP contribution in [0.5, 0.6) is 0 Å². The van der Waals surface area contributed by atoms with Crippen molar-refractivity contribution in [1.29, 1.82) is 0 Å². The first-order valence-electron chi connectivity index (χ1n) is 12.1. The Labute approximate surface area is 199 Å². The fourth-order valence-electron chi connectivity index (χ4n) is 5.07. The maximum absolute atomic E-state index is 14.5. The van der Waals surface area contributed by atoms with Gasteiger partial charge in [-0.05, 0) is 73.7 Å². The smallest absolute Gasteiger partial charge is 0.229 e. The zero-order valence-electron chi connectivity index (χ0n) is 19.4. The summed E-state index contributed by atoms with van der Waals surface area (Å²) in [6.07, 6.45) is 4.92. The Kier molecular flexibility index (Phi) is 5.25. The van der Waals surface area contributed by atoms with Crippen molar-refractivity contribution in [3.05, 3.63) is 60.0 Å². The van der Waals surface area contributed by atoms with Crippen LogP contribution < -0.4 is 20.9 Å². The van der Waals surface area contributed by atoms with Crippen molar-refractivity contribution in [2.45, 2.75) is 24.7 Å². The van der Waals surface area contributed by atoms with E-state index in [1.807, 2.05) is 18.2 Å².